The standard InChI is InChI=1S/C19H23FN2O3/c1-14(23)24-12-15(10-21)19(17-5-4-16(20)11-22-17)8-9-25-18(13-19)6-2-3-7-18/h4-5,11,15H,2-3,6-9,12-13H2,1H3. The number of halogens is 1. The monoisotopic (exact) mass is 346 g/mol. The van der Waals surface area contributed by atoms with Crippen molar-refractivity contribution in [2.75, 3.05) is 13.2 Å². The number of aromatic nitrogens is 1. The number of pyridine rings is 1. The fourth-order valence-electron chi connectivity index (χ4n) is 4.39. The molecule has 1 spiro atoms. The number of hydrogen-bond acceptors (Lipinski definition) is 5. The van der Waals surface area contributed by atoms with Crippen LogP contribution < -0.4 is 0 Å². The van der Waals surface area contributed by atoms with Crippen LogP contribution in [-0.4, -0.2) is 29.8 Å². The quantitative estimate of drug-likeness (QED) is 0.782. The van der Waals surface area contributed by atoms with Gasteiger partial charge >= 0.3 is 5.97 Å². The summed E-state index contributed by atoms with van der Waals surface area (Å²) in [5.74, 6) is -1.36. The highest BCUT2D eigenvalue weighted by molar-refractivity contribution is 5.65. The molecule has 0 aromatic carbocycles. The summed E-state index contributed by atoms with van der Waals surface area (Å²) in [5, 5.41) is 9.82. The van der Waals surface area contributed by atoms with E-state index in [9.17, 15) is 14.4 Å². The Bertz CT molecular complexity index is 664. The van der Waals surface area contributed by atoms with Crippen molar-refractivity contribution in [2.45, 2.75) is 56.5 Å². The summed E-state index contributed by atoms with van der Waals surface area (Å²) >= 11 is 0. The number of ether oxygens (including phenoxy) is 2. The maximum Gasteiger partial charge on any atom is 0.302 e. The summed E-state index contributed by atoms with van der Waals surface area (Å²) < 4.78 is 24.7. The van der Waals surface area contributed by atoms with Gasteiger partial charge in [0.25, 0.3) is 0 Å². The smallest absolute Gasteiger partial charge is 0.302 e. The minimum Gasteiger partial charge on any atom is -0.464 e. The Balaban J connectivity index is 1.99. The molecular formula is C19H23FN2O3. The van der Waals surface area contributed by atoms with E-state index in [0.717, 1.165) is 25.7 Å². The van der Waals surface area contributed by atoms with E-state index >= 15 is 0 Å². The summed E-state index contributed by atoms with van der Waals surface area (Å²) in [6, 6.07) is 5.35. The summed E-state index contributed by atoms with van der Waals surface area (Å²) in [7, 11) is 0. The number of hydrogen-bond donors (Lipinski definition) is 0. The normalized spacial score (nSPS) is 26.1. The zero-order valence-corrected chi connectivity index (χ0v) is 14.5. The highest BCUT2D eigenvalue weighted by atomic mass is 19.1. The Morgan fingerprint density at radius 1 is 1.44 bits per heavy atom. The van der Waals surface area contributed by atoms with Gasteiger partial charge in [-0.2, -0.15) is 5.26 Å². The first kappa shape index (κ1) is 17.8. The molecule has 2 aliphatic rings. The van der Waals surface area contributed by atoms with Gasteiger partial charge in [0.15, 0.2) is 0 Å². The van der Waals surface area contributed by atoms with E-state index in [-0.39, 0.29) is 12.2 Å². The molecule has 2 unspecified atom stereocenters. The van der Waals surface area contributed by atoms with Gasteiger partial charge in [0.05, 0.1) is 23.8 Å². The van der Waals surface area contributed by atoms with Crippen LogP contribution in [0.3, 0.4) is 0 Å². The van der Waals surface area contributed by atoms with Gasteiger partial charge in [-0.25, -0.2) is 4.39 Å². The van der Waals surface area contributed by atoms with Crippen molar-refractivity contribution < 1.29 is 18.7 Å². The zero-order valence-electron chi connectivity index (χ0n) is 14.5. The molecule has 5 nitrogen and oxygen atoms in total. The van der Waals surface area contributed by atoms with Crippen molar-refractivity contribution in [1.82, 2.24) is 4.98 Å². The van der Waals surface area contributed by atoms with Crippen LogP contribution in [0.1, 0.15) is 51.1 Å². The molecule has 0 N–H and O–H groups in total. The molecule has 3 rings (SSSR count). The lowest BCUT2D eigenvalue weighted by atomic mass is 9.63. The summed E-state index contributed by atoms with van der Waals surface area (Å²) in [5.41, 5.74) is -0.165. The third-order valence-corrected chi connectivity index (χ3v) is 5.62. The van der Waals surface area contributed by atoms with E-state index in [1.165, 1.54) is 19.2 Å². The van der Waals surface area contributed by atoms with Gasteiger partial charge in [-0.3, -0.25) is 9.78 Å². The third kappa shape index (κ3) is 3.52. The lowest BCUT2D eigenvalue weighted by molar-refractivity contribution is -0.145. The summed E-state index contributed by atoms with van der Waals surface area (Å²) in [6.45, 7) is 1.87. The molecule has 1 aromatic heterocycles. The van der Waals surface area contributed by atoms with E-state index in [4.69, 9.17) is 9.47 Å². The average molecular weight is 346 g/mol. The molecule has 1 aliphatic heterocycles. The second kappa shape index (κ2) is 7.09. The first-order chi connectivity index (χ1) is 12.0. The van der Waals surface area contributed by atoms with E-state index in [0.29, 0.717) is 25.1 Å². The molecule has 134 valence electrons. The molecular weight excluding hydrogens is 323 g/mol. The van der Waals surface area contributed by atoms with Crippen LogP contribution in [0, 0.1) is 23.1 Å². The van der Waals surface area contributed by atoms with Crippen LogP contribution in [0.5, 0.6) is 0 Å². The molecule has 0 radical (unpaired) electrons. The molecule has 1 aliphatic carbocycles. The van der Waals surface area contributed by atoms with E-state index in [1.54, 1.807) is 6.07 Å². The zero-order chi connectivity index (χ0) is 17.9. The van der Waals surface area contributed by atoms with Crippen molar-refractivity contribution in [3.05, 3.63) is 29.8 Å². The summed E-state index contributed by atoms with van der Waals surface area (Å²) in [6.07, 6.45) is 6.57. The Hall–Kier alpha value is -2.00. The van der Waals surface area contributed by atoms with Gasteiger partial charge in [0, 0.05) is 24.6 Å². The molecule has 2 atom stereocenters. The van der Waals surface area contributed by atoms with Crippen molar-refractivity contribution in [1.29, 1.82) is 5.26 Å². The number of carbonyl (C=O) groups is 1. The summed E-state index contributed by atoms with van der Waals surface area (Å²) in [4.78, 5) is 15.6. The largest absolute Gasteiger partial charge is 0.464 e. The van der Waals surface area contributed by atoms with Gasteiger partial charge in [-0.1, -0.05) is 12.8 Å². The number of esters is 1. The molecule has 6 heteroatoms. The van der Waals surface area contributed by atoms with Crippen LogP contribution in [0.15, 0.2) is 18.3 Å². The Morgan fingerprint density at radius 2 is 2.20 bits per heavy atom. The first-order valence-corrected chi connectivity index (χ1v) is 8.79. The average Bonchev–Trinajstić information content (AvgIpc) is 3.03. The number of nitrogens with zero attached hydrogens (tertiary/aromatic N) is 2. The molecule has 2 heterocycles. The van der Waals surface area contributed by atoms with Crippen molar-refractivity contribution in [3.63, 3.8) is 0 Å². The number of rotatable bonds is 4. The Labute approximate surface area is 147 Å². The fraction of sp³-hybridized carbons (Fsp3) is 0.632. The molecule has 1 saturated carbocycles. The lowest BCUT2D eigenvalue weighted by Gasteiger charge is -2.48. The Morgan fingerprint density at radius 3 is 2.80 bits per heavy atom. The number of carbonyl (C=O) groups excluding carboxylic acids is 1. The van der Waals surface area contributed by atoms with Crippen LogP contribution in [-0.2, 0) is 19.7 Å². The SMILES string of the molecule is CC(=O)OCC(C#N)C1(c2ccc(F)cn2)CCOC2(CCCC2)C1. The van der Waals surface area contributed by atoms with Crippen LogP contribution in [0.25, 0.3) is 0 Å². The minimum absolute atomic E-state index is 0.0149. The van der Waals surface area contributed by atoms with E-state index in [1.807, 2.05) is 0 Å². The van der Waals surface area contributed by atoms with Gasteiger partial charge in [-0.05, 0) is 37.8 Å². The van der Waals surface area contributed by atoms with E-state index < -0.39 is 23.1 Å². The molecule has 0 bridgehead atoms. The van der Waals surface area contributed by atoms with Crippen LogP contribution in [0.2, 0.25) is 0 Å². The Kier molecular flexibility index (Phi) is 5.05. The van der Waals surface area contributed by atoms with E-state index in [2.05, 4.69) is 11.1 Å². The fourth-order valence-corrected chi connectivity index (χ4v) is 4.39. The first-order valence-electron chi connectivity index (χ1n) is 8.79. The van der Waals surface area contributed by atoms with Crippen molar-refractivity contribution >= 4 is 5.97 Å². The van der Waals surface area contributed by atoms with Gasteiger partial charge in [0.2, 0.25) is 0 Å². The second-order valence-corrected chi connectivity index (χ2v) is 7.17. The molecule has 0 amide bonds. The van der Waals surface area contributed by atoms with Crippen LogP contribution in [0.4, 0.5) is 4.39 Å². The lowest BCUT2D eigenvalue weighted by Crippen LogP contribution is -2.51. The third-order valence-electron chi connectivity index (χ3n) is 5.62. The highest BCUT2D eigenvalue weighted by Gasteiger charge is 2.53. The van der Waals surface area contributed by atoms with Crippen molar-refractivity contribution in [3.8, 4) is 6.07 Å². The van der Waals surface area contributed by atoms with Crippen LogP contribution >= 0.6 is 0 Å². The second-order valence-electron chi connectivity index (χ2n) is 7.17. The van der Waals surface area contributed by atoms with Crippen molar-refractivity contribution in [2.24, 2.45) is 5.92 Å². The highest BCUT2D eigenvalue weighted by Crippen LogP contribution is 2.51. The maximum absolute atomic E-state index is 13.4. The topological polar surface area (TPSA) is 72.2 Å². The predicted octanol–water partition coefficient (Wildman–Crippen LogP) is 3.28. The molecule has 2 fully saturated rings. The predicted molar refractivity (Wildman–Crippen MR) is 88.0 cm³/mol. The van der Waals surface area contributed by atoms with Gasteiger partial charge in [0.1, 0.15) is 12.4 Å². The molecule has 1 aromatic rings. The molecule has 25 heavy (non-hydrogen) atoms. The number of nitriles is 1. The molecule has 1 saturated heterocycles. The van der Waals surface area contributed by atoms with Gasteiger partial charge in [-0.15, -0.1) is 0 Å². The maximum atomic E-state index is 13.4. The van der Waals surface area contributed by atoms with Gasteiger partial charge < -0.3 is 9.47 Å². The minimum atomic E-state index is -0.597.